The van der Waals surface area contributed by atoms with Gasteiger partial charge in [0.2, 0.25) is 0 Å². The van der Waals surface area contributed by atoms with Gasteiger partial charge in [0.25, 0.3) is 0 Å². The maximum atomic E-state index is 10.9. The fourth-order valence-corrected chi connectivity index (χ4v) is 3.23. The lowest BCUT2D eigenvalue weighted by Gasteiger charge is -2.42. The summed E-state index contributed by atoms with van der Waals surface area (Å²) in [6, 6.07) is 1.77. The molecule has 0 radical (unpaired) electrons. The summed E-state index contributed by atoms with van der Waals surface area (Å²) >= 11 is 0. The van der Waals surface area contributed by atoms with Gasteiger partial charge in [0.1, 0.15) is 0 Å². The maximum absolute atomic E-state index is 10.9. The van der Waals surface area contributed by atoms with Crippen molar-refractivity contribution in [3.8, 4) is 0 Å². The molecule has 0 bridgehead atoms. The topological polar surface area (TPSA) is 59.1 Å². The van der Waals surface area contributed by atoms with Crippen LogP contribution in [0, 0.1) is 11.3 Å². The number of anilines is 1. The molecule has 0 spiro atoms. The third-order valence-electron chi connectivity index (χ3n) is 5.19. The highest BCUT2D eigenvalue weighted by Crippen LogP contribution is 2.47. The number of nitrogens with zero attached hydrogens (tertiary/aromatic N) is 1. The van der Waals surface area contributed by atoms with Crippen molar-refractivity contribution in [2.24, 2.45) is 11.3 Å². The van der Waals surface area contributed by atoms with Gasteiger partial charge in [-0.1, -0.05) is 27.2 Å². The average Bonchev–Trinajstić information content (AvgIpc) is 2.39. The number of rotatable bonds is 3. The summed E-state index contributed by atoms with van der Waals surface area (Å²) in [6.45, 7) is 6.92. The lowest BCUT2D eigenvalue weighted by Crippen LogP contribution is -2.36. The first kappa shape index (κ1) is 14.3. The second-order valence-corrected chi connectivity index (χ2v) is 6.61. The van der Waals surface area contributed by atoms with Crippen molar-refractivity contribution in [1.82, 2.24) is 4.98 Å². The van der Waals surface area contributed by atoms with Crippen LogP contribution >= 0.6 is 0 Å². The number of hydrogen-bond donors (Lipinski definition) is 2. The summed E-state index contributed by atoms with van der Waals surface area (Å²) in [5, 5.41) is 10.9. The van der Waals surface area contributed by atoms with Gasteiger partial charge in [0, 0.05) is 23.6 Å². The standard InChI is InChI=1S/C16H26N2O/c1-4-15(2,3)12-5-8-16(19,9-6-12)13-11-18-10-7-14(13)17/h7,10-12,19H,4-6,8-9H2,1-3H3,(H2,17,18). The Kier molecular flexibility index (Phi) is 3.86. The Labute approximate surface area is 116 Å². The molecule has 2 rings (SSSR count). The number of pyridine rings is 1. The molecule has 3 heteroatoms. The van der Waals surface area contributed by atoms with E-state index >= 15 is 0 Å². The lowest BCUT2D eigenvalue weighted by molar-refractivity contribution is -0.0324. The van der Waals surface area contributed by atoms with Crippen LogP contribution in [0.25, 0.3) is 0 Å². The van der Waals surface area contributed by atoms with E-state index in [4.69, 9.17) is 5.73 Å². The van der Waals surface area contributed by atoms with E-state index < -0.39 is 5.60 Å². The maximum Gasteiger partial charge on any atom is 0.0931 e. The van der Waals surface area contributed by atoms with Crippen molar-refractivity contribution >= 4 is 5.69 Å². The molecule has 1 heterocycles. The summed E-state index contributed by atoms with van der Waals surface area (Å²) in [5.74, 6) is 0.690. The zero-order chi connectivity index (χ0) is 14.1. The number of hydrogen-bond acceptors (Lipinski definition) is 3. The van der Waals surface area contributed by atoms with Crippen LogP contribution in [0.1, 0.15) is 58.4 Å². The fourth-order valence-electron chi connectivity index (χ4n) is 3.23. The number of nitrogens with two attached hydrogens (primary N) is 1. The van der Waals surface area contributed by atoms with Gasteiger partial charge in [0.05, 0.1) is 5.60 Å². The van der Waals surface area contributed by atoms with E-state index in [1.54, 1.807) is 18.5 Å². The first-order valence-electron chi connectivity index (χ1n) is 7.31. The molecular formula is C16H26N2O. The summed E-state index contributed by atoms with van der Waals surface area (Å²) < 4.78 is 0. The highest BCUT2D eigenvalue weighted by atomic mass is 16.3. The van der Waals surface area contributed by atoms with E-state index in [1.165, 1.54) is 6.42 Å². The van der Waals surface area contributed by atoms with Gasteiger partial charge in [-0.2, -0.15) is 0 Å². The minimum atomic E-state index is -0.779. The fraction of sp³-hybridized carbons (Fsp3) is 0.688. The first-order valence-corrected chi connectivity index (χ1v) is 7.31. The molecule has 3 N–H and O–H groups in total. The Morgan fingerprint density at radius 1 is 1.42 bits per heavy atom. The molecule has 3 nitrogen and oxygen atoms in total. The van der Waals surface area contributed by atoms with Crippen molar-refractivity contribution < 1.29 is 5.11 Å². The molecule has 1 aliphatic carbocycles. The van der Waals surface area contributed by atoms with Crippen LogP contribution in [0.2, 0.25) is 0 Å². The molecule has 0 atom stereocenters. The minimum absolute atomic E-state index is 0.363. The molecule has 1 aromatic rings. The molecule has 1 aliphatic rings. The zero-order valence-corrected chi connectivity index (χ0v) is 12.3. The van der Waals surface area contributed by atoms with Crippen LogP contribution in [0.4, 0.5) is 5.69 Å². The minimum Gasteiger partial charge on any atom is -0.398 e. The van der Waals surface area contributed by atoms with Crippen molar-refractivity contribution in [1.29, 1.82) is 0 Å². The Morgan fingerprint density at radius 3 is 2.58 bits per heavy atom. The number of aromatic nitrogens is 1. The number of nitrogen functional groups attached to an aromatic ring is 1. The summed E-state index contributed by atoms with van der Waals surface area (Å²) in [6.07, 6.45) is 8.28. The van der Waals surface area contributed by atoms with E-state index in [2.05, 4.69) is 25.8 Å². The predicted octanol–water partition coefficient (Wildman–Crippen LogP) is 3.48. The molecule has 0 unspecified atom stereocenters. The van der Waals surface area contributed by atoms with E-state index in [1.807, 2.05) is 0 Å². The molecule has 1 saturated carbocycles. The van der Waals surface area contributed by atoms with Crippen LogP contribution < -0.4 is 5.73 Å². The molecule has 0 aliphatic heterocycles. The molecule has 0 saturated heterocycles. The van der Waals surface area contributed by atoms with Crippen molar-refractivity contribution in [2.45, 2.75) is 58.5 Å². The Hall–Kier alpha value is -1.09. The Morgan fingerprint density at radius 2 is 2.05 bits per heavy atom. The summed E-state index contributed by atoms with van der Waals surface area (Å²) in [4.78, 5) is 4.11. The van der Waals surface area contributed by atoms with Gasteiger partial charge in [-0.15, -0.1) is 0 Å². The largest absolute Gasteiger partial charge is 0.398 e. The average molecular weight is 262 g/mol. The van der Waals surface area contributed by atoms with Crippen LogP contribution in [0.5, 0.6) is 0 Å². The smallest absolute Gasteiger partial charge is 0.0931 e. The SMILES string of the molecule is CCC(C)(C)C1CCC(O)(c2cnccc2N)CC1. The first-order chi connectivity index (χ1) is 8.89. The van der Waals surface area contributed by atoms with E-state index in [-0.39, 0.29) is 0 Å². The normalized spacial score (nSPS) is 28.3. The highest BCUT2D eigenvalue weighted by molar-refractivity contribution is 5.47. The van der Waals surface area contributed by atoms with Gasteiger partial charge in [-0.05, 0) is 43.1 Å². The van der Waals surface area contributed by atoms with Crippen LogP contribution in [-0.4, -0.2) is 10.1 Å². The second kappa shape index (κ2) is 5.12. The monoisotopic (exact) mass is 262 g/mol. The van der Waals surface area contributed by atoms with Gasteiger partial charge >= 0.3 is 0 Å². The van der Waals surface area contributed by atoms with E-state index in [0.717, 1.165) is 31.2 Å². The molecule has 1 aromatic heterocycles. The molecular weight excluding hydrogens is 236 g/mol. The lowest BCUT2D eigenvalue weighted by atomic mass is 9.65. The third kappa shape index (κ3) is 2.76. The quantitative estimate of drug-likeness (QED) is 0.876. The van der Waals surface area contributed by atoms with Gasteiger partial charge in [-0.25, -0.2) is 0 Å². The van der Waals surface area contributed by atoms with Crippen molar-refractivity contribution in [3.63, 3.8) is 0 Å². The molecule has 19 heavy (non-hydrogen) atoms. The van der Waals surface area contributed by atoms with E-state index in [9.17, 15) is 5.11 Å². The Bertz CT molecular complexity index is 434. The van der Waals surface area contributed by atoms with Crippen LogP contribution in [-0.2, 0) is 5.60 Å². The Balaban J connectivity index is 2.13. The molecule has 0 amide bonds. The zero-order valence-electron chi connectivity index (χ0n) is 12.3. The molecule has 106 valence electrons. The van der Waals surface area contributed by atoms with E-state index in [0.29, 0.717) is 17.0 Å². The molecule has 0 aromatic carbocycles. The number of aliphatic hydroxyl groups is 1. The van der Waals surface area contributed by atoms with Crippen LogP contribution in [0.15, 0.2) is 18.5 Å². The summed E-state index contributed by atoms with van der Waals surface area (Å²) in [5.41, 5.74) is 7.03. The third-order valence-corrected chi connectivity index (χ3v) is 5.19. The van der Waals surface area contributed by atoms with Crippen LogP contribution in [0.3, 0.4) is 0 Å². The van der Waals surface area contributed by atoms with Gasteiger partial charge in [0.15, 0.2) is 0 Å². The summed E-state index contributed by atoms with van der Waals surface area (Å²) in [7, 11) is 0. The highest BCUT2D eigenvalue weighted by Gasteiger charge is 2.40. The van der Waals surface area contributed by atoms with Gasteiger partial charge < -0.3 is 10.8 Å². The predicted molar refractivity (Wildman–Crippen MR) is 78.6 cm³/mol. The van der Waals surface area contributed by atoms with Crippen molar-refractivity contribution in [2.75, 3.05) is 5.73 Å². The second-order valence-electron chi connectivity index (χ2n) is 6.61. The van der Waals surface area contributed by atoms with Crippen molar-refractivity contribution in [3.05, 3.63) is 24.0 Å². The van der Waals surface area contributed by atoms with Gasteiger partial charge in [-0.3, -0.25) is 4.98 Å². The molecule has 1 fully saturated rings.